The number of aromatic nitrogens is 3. The summed E-state index contributed by atoms with van der Waals surface area (Å²) in [6.45, 7) is 5.65. The van der Waals surface area contributed by atoms with Gasteiger partial charge in [-0.3, -0.25) is 4.68 Å². The largest absolute Gasteiger partial charge is 0.357 e. The number of aliphatic imine (C=N–C) groups is 1. The Morgan fingerprint density at radius 3 is 2.85 bits per heavy atom. The Balaban J connectivity index is 0.00000243. The van der Waals surface area contributed by atoms with Crippen LogP contribution in [0.5, 0.6) is 0 Å². The normalized spacial score (nSPS) is 17.2. The molecule has 0 saturated carbocycles. The van der Waals surface area contributed by atoms with Crippen molar-refractivity contribution >= 4 is 41.7 Å². The fraction of sp³-hybridized carbons (Fsp3) is 0.500. The third kappa shape index (κ3) is 5.87. The standard InChI is InChI=1S/C18H26N6S.HI/c1-3-19-18(20-11-17-21-14-22-23(17)2)24-10-9-15(12-24)13-25-16-7-5-4-6-8-16;/h4-8,14-15H,3,9-13H2,1-2H3,(H,19,20);1H. The summed E-state index contributed by atoms with van der Waals surface area (Å²) in [6.07, 6.45) is 2.79. The second-order valence-corrected chi connectivity index (χ2v) is 7.29. The lowest BCUT2D eigenvalue weighted by Crippen LogP contribution is -2.40. The van der Waals surface area contributed by atoms with E-state index in [1.165, 1.54) is 11.3 Å². The monoisotopic (exact) mass is 486 g/mol. The topological polar surface area (TPSA) is 58.3 Å². The number of rotatable bonds is 6. The van der Waals surface area contributed by atoms with Crippen LogP contribution in [-0.2, 0) is 13.6 Å². The molecule has 142 valence electrons. The van der Waals surface area contributed by atoms with E-state index in [0.717, 1.165) is 37.2 Å². The molecule has 3 rings (SSSR count). The average molecular weight is 486 g/mol. The van der Waals surface area contributed by atoms with Gasteiger partial charge in [-0.15, -0.1) is 35.7 Å². The summed E-state index contributed by atoms with van der Waals surface area (Å²) >= 11 is 1.95. The summed E-state index contributed by atoms with van der Waals surface area (Å²) in [5.74, 6) is 3.72. The minimum atomic E-state index is 0. The van der Waals surface area contributed by atoms with Gasteiger partial charge in [0.2, 0.25) is 0 Å². The van der Waals surface area contributed by atoms with Crippen molar-refractivity contribution in [3.05, 3.63) is 42.5 Å². The van der Waals surface area contributed by atoms with E-state index in [9.17, 15) is 0 Å². The SMILES string of the molecule is CCNC(=NCc1ncnn1C)N1CCC(CSc2ccccc2)C1.I. The zero-order valence-electron chi connectivity index (χ0n) is 15.3. The molecule has 2 heterocycles. The third-order valence-electron chi connectivity index (χ3n) is 4.32. The first-order valence-corrected chi connectivity index (χ1v) is 9.78. The molecular weight excluding hydrogens is 459 g/mol. The molecule has 0 bridgehead atoms. The van der Waals surface area contributed by atoms with Gasteiger partial charge in [-0.1, -0.05) is 18.2 Å². The van der Waals surface area contributed by atoms with Crippen molar-refractivity contribution in [3.8, 4) is 0 Å². The van der Waals surface area contributed by atoms with Crippen LogP contribution in [0.4, 0.5) is 0 Å². The maximum atomic E-state index is 4.75. The van der Waals surface area contributed by atoms with Crippen molar-refractivity contribution < 1.29 is 0 Å². The van der Waals surface area contributed by atoms with Crippen LogP contribution in [0.2, 0.25) is 0 Å². The Kier molecular flexibility index (Phi) is 8.70. The number of hydrogen-bond acceptors (Lipinski definition) is 4. The highest BCUT2D eigenvalue weighted by Gasteiger charge is 2.25. The van der Waals surface area contributed by atoms with Crippen molar-refractivity contribution in [2.75, 3.05) is 25.4 Å². The van der Waals surface area contributed by atoms with Crippen molar-refractivity contribution in [1.82, 2.24) is 25.0 Å². The van der Waals surface area contributed by atoms with Gasteiger partial charge >= 0.3 is 0 Å². The maximum absolute atomic E-state index is 4.75. The minimum absolute atomic E-state index is 0. The van der Waals surface area contributed by atoms with Gasteiger partial charge in [0.1, 0.15) is 18.7 Å². The number of aryl methyl sites for hydroxylation is 1. The Morgan fingerprint density at radius 1 is 1.35 bits per heavy atom. The number of thioether (sulfide) groups is 1. The molecule has 1 aromatic carbocycles. The molecule has 1 fully saturated rings. The number of guanidine groups is 1. The smallest absolute Gasteiger partial charge is 0.194 e. The lowest BCUT2D eigenvalue weighted by atomic mass is 10.2. The highest BCUT2D eigenvalue weighted by Crippen LogP contribution is 2.25. The van der Waals surface area contributed by atoms with E-state index >= 15 is 0 Å². The molecule has 1 N–H and O–H groups in total. The molecule has 1 unspecified atom stereocenters. The van der Waals surface area contributed by atoms with Crippen molar-refractivity contribution in [1.29, 1.82) is 0 Å². The van der Waals surface area contributed by atoms with Crippen LogP contribution < -0.4 is 5.32 Å². The summed E-state index contributed by atoms with van der Waals surface area (Å²) < 4.78 is 1.77. The number of benzene rings is 1. The van der Waals surface area contributed by atoms with E-state index in [-0.39, 0.29) is 24.0 Å². The van der Waals surface area contributed by atoms with Crippen LogP contribution in [0.15, 0.2) is 46.5 Å². The average Bonchev–Trinajstić information content (AvgIpc) is 3.27. The molecule has 8 heteroatoms. The van der Waals surface area contributed by atoms with Gasteiger partial charge in [0, 0.05) is 37.3 Å². The first-order chi connectivity index (χ1) is 12.3. The van der Waals surface area contributed by atoms with E-state index in [0.29, 0.717) is 12.5 Å². The predicted octanol–water partition coefficient (Wildman–Crippen LogP) is 3.01. The summed E-state index contributed by atoms with van der Waals surface area (Å²) in [6, 6.07) is 10.6. The second-order valence-electron chi connectivity index (χ2n) is 6.19. The molecule has 1 aromatic heterocycles. The fourth-order valence-corrected chi connectivity index (χ4v) is 3.98. The lowest BCUT2D eigenvalue weighted by Gasteiger charge is -2.21. The second kappa shape index (κ2) is 10.8. The Morgan fingerprint density at radius 2 is 2.15 bits per heavy atom. The van der Waals surface area contributed by atoms with Crippen LogP contribution in [0.25, 0.3) is 0 Å². The highest BCUT2D eigenvalue weighted by atomic mass is 127. The number of halogens is 1. The molecule has 1 atom stereocenters. The van der Waals surface area contributed by atoms with Gasteiger partial charge < -0.3 is 10.2 Å². The minimum Gasteiger partial charge on any atom is -0.357 e. The molecule has 1 aliphatic heterocycles. The Labute approximate surface area is 176 Å². The zero-order chi connectivity index (χ0) is 17.5. The van der Waals surface area contributed by atoms with Gasteiger partial charge in [-0.2, -0.15) is 5.10 Å². The molecule has 1 saturated heterocycles. The van der Waals surface area contributed by atoms with Gasteiger partial charge in [0.15, 0.2) is 5.96 Å². The molecule has 2 aromatic rings. The van der Waals surface area contributed by atoms with E-state index in [1.807, 2.05) is 18.8 Å². The first-order valence-electron chi connectivity index (χ1n) is 8.80. The fourth-order valence-electron chi connectivity index (χ4n) is 2.93. The lowest BCUT2D eigenvalue weighted by molar-refractivity contribution is 0.473. The quantitative estimate of drug-likeness (QED) is 0.295. The summed E-state index contributed by atoms with van der Waals surface area (Å²) in [7, 11) is 1.90. The summed E-state index contributed by atoms with van der Waals surface area (Å²) in [4.78, 5) is 12.7. The maximum Gasteiger partial charge on any atom is 0.194 e. The van der Waals surface area contributed by atoms with Crippen molar-refractivity contribution in [2.24, 2.45) is 18.0 Å². The van der Waals surface area contributed by atoms with E-state index in [2.05, 4.69) is 57.6 Å². The predicted molar refractivity (Wildman–Crippen MR) is 118 cm³/mol. The summed E-state index contributed by atoms with van der Waals surface area (Å²) in [5, 5.41) is 7.52. The molecular formula is C18H27IN6S. The molecule has 26 heavy (non-hydrogen) atoms. The summed E-state index contributed by atoms with van der Waals surface area (Å²) in [5.41, 5.74) is 0. The number of nitrogens with one attached hydrogen (secondary N) is 1. The molecule has 6 nitrogen and oxygen atoms in total. The third-order valence-corrected chi connectivity index (χ3v) is 5.57. The van der Waals surface area contributed by atoms with E-state index in [4.69, 9.17) is 4.99 Å². The highest BCUT2D eigenvalue weighted by molar-refractivity contribution is 14.0. The van der Waals surface area contributed by atoms with Crippen LogP contribution in [0.3, 0.4) is 0 Å². The number of hydrogen-bond donors (Lipinski definition) is 1. The molecule has 0 spiro atoms. The van der Waals surface area contributed by atoms with Gasteiger partial charge in [0.25, 0.3) is 0 Å². The number of likely N-dealkylation sites (tertiary alicyclic amines) is 1. The van der Waals surface area contributed by atoms with E-state index in [1.54, 1.807) is 11.0 Å². The Bertz CT molecular complexity index is 690. The molecule has 0 amide bonds. The first kappa shape index (κ1) is 21.0. The molecule has 0 aliphatic carbocycles. The van der Waals surface area contributed by atoms with Crippen LogP contribution in [-0.4, -0.2) is 51.0 Å². The van der Waals surface area contributed by atoms with Crippen molar-refractivity contribution in [3.63, 3.8) is 0 Å². The van der Waals surface area contributed by atoms with Crippen LogP contribution in [0, 0.1) is 5.92 Å². The van der Waals surface area contributed by atoms with Gasteiger partial charge in [0.05, 0.1) is 0 Å². The number of nitrogens with zero attached hydrogens (tertiary/aromatic N) is 5. The van der Waals surface area contributed by atoms with Gasteiger partial charge in [-0.05, 0) is 31.4 Å². The van der Waals surface area contributed by atoms with Gasteiger partial charge in [-0.25, -0.2) is 9.98 Å². The van der Waals surface area contributed by atoms with Crippen molar-refractivity contribution in [2.45, 2.75) is 24.8 Å². The zero-order valence-corrected chi connectivity index (χ0v) is 18.5. The molecule has 1 aliphatic rings. The molecule has 0 radical (unpaired) electrons. The van der Waals surface area contributed by atoms with Crippen LogP contribution >= 0.6 is 35.7 Å². The van der Waals surface area contributed by atoms with Crippen LogP contribution in [0.1, 0.15) is 19.2 Å². The Hall–Kier alpha value is -1.29. The van der Waals surface area contributed by atoms with E-state index < -0.39 is 0 Å².